The first-order valence-corrected chi connectivity index (χ1v) is 17.3. The van der Waals surface area contributed by atoms with Crippen molar-refractivity contribution in [2.24, 2.45) is 17.8 Å². The number of benzene rings is 2. The van der Waals surface area contributed by atoms with Crippen molar-refractivity contribution in [2.75, 3.05) is 6.61 Å². The Morgan fingerprint density at radius 3 is 2.43 bits per heavy atom. The number of ether oxygens (including phenoxy) is 1. The van der Waals surface area contributed by atoms with Crippen molar-refractivity contribution >= 4 is 25.0 Å². The zero-order valence-electron chi connectivity index (χ0n) is 27.5. The number of likely N-dealkylation sites (tertiary alicyclic amines) is 1. The van der Waals surface area contributed by atoms with Crippen LogP contribution in [0.4, 0.5) is 0 Å². The Morgan fingerprint density at radius 1 is 1.02 bits per heavy atom. The molecule has 1 saturated carbocycles. The van der Waals surface area contributed by atoms with E-state index in [0.717, 1.165) is 85.0 Å². The Morgan fingerprint density at radius 2 is 1.74 bits per heavy atom. The number of imide groups is 1. The molecule has 0 unspecified atom stereocenters. The van der Waals surface area contributed by atoms with E-state index in [0.29, 0.717) is 31.5 Å². The molecule has 6 rings (SSSR count). The normalized spacial score (nSPS) is 25.6. The summed E-state index contributed by atoms with van der Waals surface area (Å²) in [6.45, 7) is 6.33. The highest BCUT2D eigenvalue weighted by molar-refractivity contribution is 6.43. The van der Waals surface area contributed by atoms with E-state index in [9.17, 15) is 19.7 Å². The van der Waals surface area contributed by atoms with Gasteiger partial charge in [-0.15, -0.1) is 0 Å². The van der Waals surface area contributed by atoms with Gasteiger partial charge in [-0.05, 0) is 117 Å². The number of aromatic hydroxyl groups is 1. The van der Waals surface area contributed by atoms with Gasteiger partial charge in [-0.1, -0.05) is 62.5 Å². The summed E-state index contributed by atoms with van der Waals surface area (Å²) in [6.07, 6.45) is 11.0. The van der Waals surface area contributed by atoms with Crippen LogP contribution in [0.5, 0.6) is 11.5 Å². The highest BCUT2D eigenvalue weighted by Crippen LogP contribution is 2.51. The number of hydrogen-bond donors (Lipinski definition) is 2. The van der Waals surface area contributed by atoms with E-state index in [1.54, 1.807) is 4.90 Å². The molecule has 8 heteroatoms. The van der Waals surface area contributed by atoms with Crippen LogP contribution in [0.2, 0.25) is 6.32 Å². The predicted octanol–water partition coefficient (Wildman–Crippen LogP) is 7.18. The minimum atomic E-state index is -0.999. The third kappa shape index (κ3) is 6.70. The number of phenols is 1. The molecule has 2 aromatic rings. The summed E-state index contributed by atoms with van der Waals surface area (Å²) in [5.74, 6) is -0.131. The molecule has 46 heavy (non-hydrogen) atoms. The first-order chi connectivity index (χ1) is 22.2. The predicted molar refractivity (Wildman–Crippen MR) is 180 cm³/mol. The third-order valence-electron chi connectivity index (χ3n) is 10.6. The number of aryl methyl sites for hydroxylation is 2. The lowest BCUT2D eigenvalue weighted by atomic mass is 9.58. The quantitative estimate of drug-likeness (QED) is 0.165. The number of nitrogens with zero attached hydrogens (tertiary/aromatic N) is 1. The Balaban J connectivity index is 1.31. The van der Waals surface area contributed by atoms with Gasteiger partial charge in [0.25, 0.3) is 0 Å². The fraction of sp³-hybridized carbons (Fsp3) is 0.526. The third-order valence-corrected chi connectivity index (χ3v) is 10.6. The molecular formula is C38H48BNO6. The van der Waals surface area contributed by atoms with Crippen molar-refractivity contribution in [3.05, 3.63) is 75.9 Å². The molecular weight excluding hydrogens is 577 g/mol. The average Bonchev–Trinajstić information content (AvgIpc) is 3.30. The van der Waals surface area contributed by atoms with Gasteiger partial charge in [0.15, 0.2) is 0 Å². The van der Waals surface area contributed by atoms with Gasteiger partial charge in [0.05, 0.1) is 17.9 Å². The van der Waals surface area contributed by atoms with Gasteiger partial charge >= 0.3 is 7.12 Å². The molecule has 0 radical (unpaired) electrons. The van der Waals surface area contributed by atoms with E-state index >= 15 is 0 Å². The van der Waals surface area contributed by atoms with E-state index in [1.165, 1.54) is 5.57 Å². The molecule has 4 aliphatic rings. The number of phenolic OH excluding ortho intramolecular Hbond substituents is 1. The molecule has 3 fully saturated rings. The molecule has 2 amide bonds. The average molecular weight is 626 g/mol. The SMILES string of the molecule is CCC/C(=C\c1cc(C)c(O)c(C)c1)CC[C@H]1OB(O)C[C@H]2C1=C(COc1ccccc1)C[C@H]1C(=O)N(C3CCCCC3)C(=O)[C@H]12. The van der Waals surface area contributed by atoms with E-state index < -0.39 is 19.0 Å². The van der Waals surface area contributed by atoms with Crippen LogP contribution < -0.4 is 4.74 Å². The molecule has 0 aromatic heterocycles. The van der Waals surface area contributed by atoms with Crippen molar-refractivity contribution in [3.8, 4) is 11.5 Å². The van der Waals surface area contributed by atoms with Crippen LogP contribution in [0.1, 0.15) is 87.8 Å². The molecule has 2 aliphatic carbocycles. The summed E-state index contributed by atoms with van der Waals surface area (Å²) in [7, 11) is -0.999. The molecule has 4 atom stereocenters. The summed E-state index contributed by atoms with van der Waals surface area (Å²) >= 11 is 0. The van der Waals surface area contributed by atoms with Gasteiger partial charge in [0.1, 0.15) is 18.1 Å². The minimum Gasteiger partial charge on any atom is -0.507 e. The Labute approximate surface area is 273 Å². The zero-order valence-corrected chi connectivity index (χ0v) is 27.5. The van der Waals surface area contributed by atoms with Crippen molar-refractivity contribution in [3.63, 3.8) is 0 Å². The number of rotatable bonds is 10. The smallest absolute Gasteiger partial charge is 0.455 e. The lowest BCUT2D eigenvalue weighted by Crippen LogP contribution is -2.47. The van der Waals surface area contributed by atoms with Crippen molar-refractivity contribution in [2.45, 2.75) is 103 Å². The van der Waals surface area contributed by atoms with Gasteiger partial charge in [-0.25, -0.2) is 0 Å². The van der Waals surface area contributed by atoms with Gasteiger partial charge < -0.3 is 19.5 Å². The zero-order chi connectivity index (χ0) is 32.4. The number of hydrogen-bond acceptors (Lipinski definition) is 6. The second-order valence-corrected chi connectivity index (χ2v) is 13.9. The molecule has 2 aromatic carbocycles. The number of para-hydroxylation sites is 1. The molecule has 2 N–H and O–H groups in total. The fourth-order valence-electron chi connectivity index (χ4n) is 8.52. The Kier molecular flexibility index (Phi) is 10.0. The topological polar surface area (TPSA) is 96.3 Å². The molecule has 7 nitrogen and oxygen atoms in total. The van der Waals surface area contributed by atoms with E-state index in [2.05, 4.69) is 13.0 Å². The molecule has 2 aliphatic heterocycles. The maximum Gasteiger partial charge on any atom is 0.455 e. The number of carbonyl (C=O) groups is 2. The monoisotopic (exact) mass is 625 g/mol. The van der Waals surface area contributed by atoms with Gasteiger partial charge in [0, 0.05) is 6.04 Å². The molecule has 2 heterocycles. The highest BCUT2D eigenvalue weighted by Gasteiger charge is 2.58. The Bertz CT molecular complexity index is 1470. The first-order valence-electron chi connectivity index (χ1n) is 17.3. The molecule has 0 spiro atoms. The molecule has 0 bridgehead atoms. The van der Waals surface area contributed by atoms with Crippen LogP contribution in [0.25, 0.3) is 6.08 Å². The number of carbonyl (C=O) groups excluding carboxylic acids is 2. The van der Waals surface area contributed by atoms with Gasteiger partial charge in [-0.2, -0.15) is 0 Å². The first kappa shape index (κ1) is 32.6. The van der Waals surface area contributed by atoms with Gasteiger partial charge in [-0.3, -0.25) is 14.5 Å². The summed E-state index contributed by atoms with van der Waals surface area (Å²) in [4.78, 5) is 29.7. The highest BCUT2D eigenvalue weighted by atomic mass is 16.5. The molecule has 2 saturated heterocycles. The lowest BCUT2D eigenvalue weighted by molar-refractivity contribution is -0.143. The lowest BCUT2D eigenvalue weighted by Gasteiger charge is -2.43. The van der Waals surface area contributed by atoms with Crippen molar-refractivity contribution in [1.82, 2.24) is 4.90 Å². The minimum absolute atomic E-state index is 0.0127. The summed E-state index contributed by atoms with van der Waals surface area (Å²) in [5.41, 5.74) is 6.14. The van der Waals surface area contributed by atoms with Crippen molar-refractivity contribution < 1.29 is 29.1 Å². The van der Waals surface area contributed by atoms with E-state index in [-0.39, 0.29) is 29.9 Å². The van der Waals surface area contributed by atoms with Crippen LogP contribution in [0, 0.1) is 31.6 Å². The van der Waals surface area contributed by atoms with Crippen molar-refractivity contribution in [1.29, 1.82) is 0 Å². The van der Waals surface area contributed by atoms with Gasteiger partial charge in [0.2, 0.25) is 11.8 Å². The second kappa shape index (κ2) is 14.2. The summed E-state index contributed by atoms with van der Waals surface area (Å²) in [5, 5.41) is 21.4. The van der Waals surface area contributed by atoms with Crippen LogP contribution in [0.3, 0.4) is 0 Å². The second-order valence-electron chi connectivity index (χ2n) is 13.9. The maximum absolute atomic E-state index is 14.1. The number of fused-ring (bicyclic) bond motifs is 3. The fourth-order valence-corrected chi connectivity index (χ4v) is 8.52. The Hall–Kier alpha value is -3.36. The largest absolute Gasteiger partial charge is 0.507 e. The standard InChI is InChI=1S/C38H48BNO6/c1-4-11-26(20-27-18-24(2)36(41)25(3)19-27)16-17-33-34-28(23-45-30-14-9-6-10-15-30)21-31-35(32(34)22-39(44)46-33)38(43)40(37(31)42)29-12-7-5-8-13-29/h6,9-10,14-15,18-20,29,31-33,35,41,44H,4-5,7-8,11-13,16-17,21-23H2,1-3H3/b26-20+/t31-,32+,33-,35-/m1/s1. The van der Waals surface area contributed by atoms with E-state index in [1.807, 2.05) is 56.3 Å². The summed E-state index contributed by atoms with van der Waals surface area (Å²) < 4.78 is 12.6. The van der Waals surface area contributed by atoms with E-state index in [4.69, 9.17) is 9.39 Å². The maximum atomic E-state index is 14.1. The van der Waals surface area contributed by atoms with Crippen LogP contribution in [-0.2, 0) is 14.2 Å². The number of amides is 2. The summed E-state index contributed by atoms with van der Waals surface area (Å²) in [6, 6.07) is 13.7. The van der Waals surface area contributed by atoms with Crippen LogP contribution >= 0.6 is 0 Å². The van der Waals surface area contributed by atoms with Crippen LogP contribution in [-0.4, -0.2) is 52.7 Å². The molecule has 244 valence electrons. The number of allylic oxidation sites excluding steroid dienone is 1. The van der Waals surface area contributed by atoms with Crippen LogP contribution in [0.15, 0.2) is 59.2 Å².